The smallest absolute Gasteiger partial charge is 0.256 e. The van der Waals surface area contributed by atoms with Crippen molar-refractivity contribution in [2.24, 2.45) is 17.8 Å². The first kappa shape index (κ1) is 31.3. The lowest BCUT2D eigenvalue weighted by Crippen LogP contribution is -2.62. The van der Waals surface area contributed by atoms with E-state index in [0.717, 1.165) is 55.7 Å². The Morgan fingerprint density at radius 1 is 1.04 bits per heavy atom. The second-order valence-corrected chi connectivity index (χ2v) is 14.6. The van der Waals surface area contributed by atoms with Gasteiger partial charge in [-0.3, -0.25) is 9.59 Å². The Morgan fingerprint density at radius 3 is 2.63 bits per heavy atom. The normalized spacial score (nSPS) is 27.8. The molecule has 2 saturated carbocycles. The molecule has 5 fully saturated rings. The maximum Gasteiger partial charge on any atom is 0.256 e. The van der Waals surface area contributed by atoms with Gasteiger partial charge in [-0.1, -0.05) is 12.8 Å². The number of anilines is 3. The number of carbonyl (C=O) groups excluding carboxylic acids is 2. The summed E-state index contributed by atoms with van der Waals surface area (Å²) in [6, 6.07) is 5.22. The molecule has 248 valence electrons. The van der Waals surface area contributed by atoms with E-state index in [1.54, 1.807) is 23.5 Å². The number of nitrogens with one attached hydrogen (secondary N) is 1. The minimum atomic E-state index is -0.429. The molecule has 2 aliphatic carbocycles. The van der Waals surface area contributed by atoms with E-state index in [-0.39, 0.29) is 24.0 Å². The molecule has 1 aromatic heterocycles. The van der Waals surface area contributed by atoms with E-state index in [1.807, 2.05) is 20.8 Å². The summed E-state index contributed by atoms with van der Waals surface area (Å²) in [5, 5.41) is 3.82. The van der Waals surface area contributed by atoms with Gasteiger partial charge in [0.05, 0.1) is 23.5 Å². The van der Waals surface area contributed by atoms with Crippen LogP contribution in [-0.4, -0.2) is 88.5 Å². The molecule has 2 amide bonds. The Labute approximate surface area is 272 Å². The first-order valence-electron chi connectivity index (χ1n) is 17.8. The molecule has 5 atom stereocenters. The number of fused-ring (bicyclic) bond motifs is 4. The van der Waals surface area contributed by atoms with Crippen molar-refractivity contribution in [1.82, 2.24) is 25.1 Å². The van der Waals surface area contributed by atoms with Crippen LogP contribution in [0.3, 0.4) is 0 Å². The van der Waals surface area contributed by atoms with Crippen LogP contribution >= 0.6 is 0 Å². The minimum Gasteiger partial charge on any atom is -0.350 e. The van der Waals surface area contributed by atoms with Gasteiger partial charge in [-0.2, -0.15) is 0 Å². The van der Waals surface area contributed by atoms with Gasteiger partial charge < -0.3 is 24.9 Å². The van der Waals surface area contributed by atoms with Crippen LogP contribution in [0.1, 0.15) is 88.9 Å². The fraction of sp³-hybridized carbons (Fsp3) is 0.667. The number of aromatic nitrogens is 2. The van der Waals surface area contributed by atoms with Gasteiger partial charge in [-0.15, -0.1) is 0 Å². The van der Waals surface area contributed by atoms with Crippen LogP contribution in [0.4, 0.5) is 21.6 Å². The Morgan fingerprint density at radius 2 is 1.89 bits per heavy atom. The number of hydrogen-bond donors (Lipinski definition) is 1. The van der Waals surface area contributed by atoms with Crippen LogP contribution in [0.2, 0.25) is 0 Å². The van der Waals surface area contributed by atoms with Gasteiger partial charge in [0.25, 0.3) is 5.91 Å². The van der Waals surface area contributed by atoms with Crippen molar-refractivity contribution < 1.29 is 14.0 Å². The molecule has 8 rings (SSSR count). The summed E-state index contributed by atoms with van der Waals surface area (Å²) >= 11 is 0. The van der Waals surface area contributed by atoms with Crippen molar-refractivity contribution in [2.75, 3.05) is 42.5 Å². The van der Waals surface area contributed by atoms with Gasteiger partial charge in [-0.05, 0) is 102 Å². The van der Waals surface area contributed by atoms with E-state index in [4.69, 9.17) is 4.98 Å². The molecule has 4 aliphatic heterocycles. The van der Waals surface area contributed by atoms with Crippen molar-refractivity contribution >= 4 is 29.0 Å². The van der Waals surface area contributed by atoms with E-state index in [9.17, 15) is 14.0 Å². The van der Waals surface area contributed by atoms with Gasteiger partial charge in [-0.25, -0.2) is 14.4 Å². The minimum absolute atomic E-state index is 0.00366. The lowest BCUT2D eigenvalue weighted by atomic mass is 9.68. The number of hydrogen-bond acceptors (Lipinski definition) is 7. The second-order valence-electron chi connectivity index (χ2n) is 14.6. The summed E-state index contributed by atoms with van der Waals surface area (Å²) < 4.78 is 14.5. The predicted molar refractivity (Wildman–Crippen MR) is 178 cm³/mol. The Bertz CT molecular complexity index is 1430. The number of carbonyl (C=O) groups is 2. The third-order valence-electron chi connectivity index (χ3n) is 11.4. The molecule has 1 N–H and O–H groups in total. The molecule has 46 heavy (non-hydrogen) atoms. The zero-order chi connectivity index (χ0) is 31.9. The van der Waals surface area contributed by atoms with Crippen molar-refractivity contribution in [3.05, 3.63) is 42.1 Å². The summed E-state index contributed by atoms with van der Waals surface area (Å²) in [4.78, 5) is 45.0. The van der Waals surface area contributed by atoms with E-state index in [2.05, 4.69) is 25.0 Å². The molecular formula is C36H50FN7O2. The molecule has 3 saturated heterocycles. The summed E-state index contributed by atoms with van der Waals surface area (Å²) in [5.74, 6) is 2.71. The summed E-state index contributed by atoms with van der Waals surface area (Å²) in [6.45, 7) is 9.33. The number of amides is 2. The number of halogens is 1. The highest BCUT2D eigenvalue weighted by atomic mass is 19.1. The SMILES string of the molecule is CCN(C(=O)c1cc(F)ccc1N1CCN(C2CCCN(C(=O)[C@H]3NC4CC[C@@H]3C[C@@H]4CC3CC3)CC2)c2ncncc21)C(C)C. The fourth-order valence-electron chi connectivity index (χ4n) is 8.89. The van der Waals surface area contributed by atoms with Crippen LogP contribution in [0.25, 0.3) is 0 Å². The van der Waals surface area contributed by atoms with E-state index in [0.29, 0.717) is 48.8 Å². The van der Waals surface area contributed by atoms with Gasteiger partial charge >= 0.3 is 0 Å². The molecule has 5 heterocycles. The third-order valence-corrected chi connectivity index (χ3v) is 11.4. The van der Waals surface area contributed by atoms with Crippen molar-refractivity contribution in [3.63, 3.8) is 0 Å². The second kappa shape index (κ2) is 13.1. The van der Waals surface area contributed by atoms with E-state index < -0.39 is 5.82 Å². The van der Waals surface area contributed by atoms with Crippen LogP contribution in [-0.2, 0) is 4.79 Å². The van der Waals surface area contributed by atoms with Crippen LogP contribution < -0.4 is 15.1 Å². The number of rotatable bonds is 8. The molecule has 0 radical (unpaired) electrons. The van der Waals surface area contributed by atoms with Crippen LogP contribution in [0.15, 0.2) is 30.7 Å². The fourth-order valence-corrected chi connectivity index (χ4v) is 8.89. The van der Waals surface area contributed by atoms with Crippen LogP contribution in [0.5, 0.6) is 0 Å². The number of piperidine rings is 2. The van der Waals surface area contributed by atoms with E-state index >= 15 is 0 Å². The summed E-state index contributed by atoms with van der Waals surface area (Å²) in [6.07, 6.45) is 14.0. The summed E-state index contributed by atoms with van der Waals surface area (Å²) in [5.41, 5.74) is 1.85. The maximum atomic E-state index is 14.5. The molecule has 2 unspecified atom stereocenters. The Hall–Kier alpha value is -3.27. The molecule has 1 aromatic carbocycles. The molecular weight excluding hydrogens is 581 g/mol. The van der Waals surface area contributed by atoms with Gasteiger partial charge in [0.2, 0.25) is 5.91 Å². The topological polar surface area (TPSA) is 84.9 Å². The number of benzene rings is 1. The zero-order valence-electron chi connectivity index (χ0n) is 27.7. The lowest BCUT2D eigenvalue weighted by molar-refractivity contribution is -0.138. The summed E-state index contributed by atoms with van der Waals surface area (Å²) in [7, 11) is 0. The third kappa shape index (κ3) is 6.09. The molecule has 2 bridgehead atoms. The van der Waals surface area contributed by atoms with E-state index in [1.165, 1.54) is 50.7 Å². The first-order chi connectivity index (χ1) is 22.3. The standard InChI is InChI=1S/C36H50FN7O2/c1-4-42(23(2)3)35(45)29-20-27(37)10-12-31(29)44-17-16-43(34-32(44)21-38-22-39-34)28-6-5-14-41(15-13-28)36(46)33-25-9-11-30(40-33)26(19-25)18-24-7-8-24/h10,12,20-26,28,30,33,40H,4-9,11,13-19H2,1-3H3/t25-,26+,28?,30?,33+/m1/s1. The Kier molecular flexibility index (Phi) is 8.92. The van der Waals surface area contributed by atoms with Gasteiger partial charge in [0.1, 0.15) is 17.8 Å². The quantitative estimate of drug-likeness (QED) is 0.419. The zero-order valence-corrected chi connectivity index (χ0v) is 27.7. The van der Waals surface area contributed by atoms with Gasteiger partial charge in [0, 0.05) is 50.8 Å². The molecule has 10 heteroatoms. The van der Waals surface area contributed by atoms with Crippen molar-refractivity contribution in [3.8, 4) is 0 Å². The van der Waals surface area contributed by atoms with Crippen molar-refractivity contribution in [1.29, 1.82) is 0 Å². The highest BCUT2D eigenvalue weighted by molar-refractivity contribution is 6.01. The van der Waals surface area contributed by atoms with Gasteiger partial charge in [0.15, 0.2) is 5.82 Å². The lowest BCUT2D eigenvalue weighted by Gasteiger charge is -2.48. The molecule has 0 spiro atoms. The highest BCUT2D eigenvalue weighted by Gasteiger charge is 2.46. The molecule has 6 aliphatic rings. The Balaban J connectivity index is 1.06. The number of likely N-dealkylation sites (tertiary alicyclic amines) is 1. The average molecular weight is 632 g/mol. The largest absolute Gasteiger partial charge is 0.350 e. The molecule has 9 nitrogen and oxygen atoms in total. The highest BCUT2D eigenvalue weighted by Crippen LogP contribution is 2.45. The van der Waals surface area contributed by atoms with Crippen molar-refractivity contribution in [2.45, 2.75) is 103 Å². The molecule has 2 aromatic rings. The number of nitrogens with zero attached hydrogens (tertiary/aromatic N) is 6. The maximum absolute atomic E-state index is 14.5. The predicted octanol–water partition coefficient (Wildman–Crippen LogP) is 5.38. The van der Waals surface area contributed by atoms with Crippen LogP contribution in [0, 0.1) is 23.6 Å². The average Bonchev–Trinajstić information content (AvgIpc) is 3.91. The monoisotopic (exact) mass is 631 g/mol. The first-order valence-corrected chi connectivity index (χ1v) is 17.8.